The van der Waals surface area contributed by atoms with Crippen molar-refractivity contribution in [1.82, 2.24) is 0 Å². The van der Waals surface area contributed by atoms with Crippen molar-refractivity contribution in [1.29, 1.82) is 0 Å². The molecule has 0 saturated carbocycles. The first-order chi connectivity index (χ1) is 8.36. The van der Waals surface area contributed by atoms with Crippen molar-refractivity contribution in [2.24, 2.45) is 0 Å². The standard InChI is InChI=1S/C14H8S.C2H6/c1-10-6-5-8-12-11-7-3-2-4-9-13(11)15-14(10)12;1-2/h3,6-7H,9H2,1H3;1-2H3. The van der Waals surface area contributed by atoms with Crippen LogP contribution < -0.4 is 9.75 Å². The van der Waals surface area contributed by atoms with Crippen LogP contribution in [0.3, 0.4) is 0 Å². The largest absolute Gasteiger partial charge is 0.138 e. The van der Waals surface area contributed by atoms with Gasteiger partial charge in [-0.2, -0.15) is 0 Å². The number of rotatable bonds is 0. The zero-order valence-electron chi connectivity index (χ0n) is 10.3. The molecule has 1 heteroatoms. The molecular weight excluding hydrogens is 224 g/mol. The highest BCUT2D eigenvalue weighted by Crippen LogP contribution is 2.14. The second kappa shape index (κ2) is 5.09. The molecule has 0 aromatic carbocycles. The van der Waals surface area contributed by atoms with E-state index in [9.17, 15) is 0 Å². The van der Waals surface area contributed by atoms with Gasteiger partial charge in [0.15, 0.2) is 0 Å². The Morgan fingerprint density at radius 3 is 2.94 bits per heavy atom. The van der Waals surface area contributed by atoms with Crippen LogP contribution in [0.25, 0.3) is 17.4 Å². The van der Waals surface area contributed by atoms with Crippen LogP contribution >= 0.6 is 11.3 Å². The van der Waals surface area contributed by atoms with Crippen molar-refractivity contribution in [3.05, 3.63) is 38.1 Å². The minimum Gasteiger partial charge on any atom is -0.138 e. The first-order valence-electron chi connectivity index (χ1n) is 5.85. The van der Waals surface area contributed by atoms with Gasteiger partial charge in [0.05, 0.1) is 5.22 Å². The van der Waals surface area contributed by atoms with E-state index >= 15 is 0 Å². The second-order valence-corrected chi connectivity index (χ2v) is 4.68. The molecule has 0 spiro atoms. The van der Waals surface area contributed by atoms with Gasteiger partial charge in [-0.25, -0.2) is 0 Å². The predicted molar refractivity (Wildman–Crippen MR) is 76.0 cm³/mol. The van der Waals surface area contributed by atoms with Gasteiger partial charge in [-0.15, -0.1) is 11.3 Å². The first-order valence-corrected chi connectivity index (χ1v) is 6.67. The van der Waals surface area contributed by atoms with Crippen molar-refractivity contribution >= 4 is 28.7 Å². The molecule has 1 aromatic rings. The fourth-order valence-corrected chi connectivity index (χ4v) is 2.95. The molecule has 0 N–H and O–H groups in total. The lowest BCUT2D eigenvalue weighted by Gasteiger charge is -1.89. The number of thiophene rings is 1. The van der Waals surface area contributed by atoms with Crippen LogP contribution in [-0.4, -0.2) is 0 Å². The molecule has 0 unspecified atom stereocenters. The van der Waals surface area contributed by atoms with Gasteiger partial charge in [0.25, 0.3) is 0 Å². The maximum Gasteiger partial charge on any atom is 0.0507 e. The van der Waals surface area contributed by atoms with E-state index < -0.39 is 0 Å². The minimum atomic E-state index is 0.856. The summed E-state index contributed by atoms with van der Waals surface area (Å²) < 4.78 is 1.33. The summed E-state index contributed by atoms with van der Waals surface area (Å²) in [6.45, 7) is 6.12. The molecule has 2 aliphatic carbocycles. The third kappa shape index (κ3) is 2.07. The Kier molecular flexibility index (Phi) is 3.52. The molecule has 0 atom stereocenters. The predicted octanol–water partition coefficient (Wildman–Crippen LogP) is 2.62. The smallest absolute Gasteiger partial charge is 0.0507 e. The Morgan fingerprint density at radius 1 is 1.29 bits per heavy atom. The van der Waals surface area contributed by atoms with E-state index in [2.05, 4.69) is 36.3 Å². The van der Waals surface area contributed by atoms with E-state index in [1.54, 1.807) is 0 Å². The topological polar surface area (TPSA) is 0 Å². The summed E-state index contributed by atoms with van der Waals surface area (Å²) >= 11 is 1.83. The molecule has 0 nitrogen and oxygen atoms in total. The van der Waals surface area contributed by atoms with Gasteiger partial charge in [0.1, 0.15) is 0 Å². The quantitative estimate of drug-likeness (QED) is 0.481. The van der Waals surface area contributed by atoms with E-state index in [-0.39, 0.29) is 0 Å². The van der Waals surface area contributed by atoms with Crippen molar-refractivity contribution in [3.63, 3.8) is 0 Å². The fourth-order valence-electron chi connectivity index (χ4n) is 1.80. The molecule has 17 heavy (non-hydrogen) atoms. The molecule has 2 aliphatic rings. The molecule has 3 rings (SSSR count). The lowest BCUT2D eigenvalue weighted by molar-refractivity contribution is 1.39. The molecule has 0 amide bonds. The maximum absolute atomic E-state index is 3.21. The number of fused-ring (bicyclic) bond motifs is 3. The van der Waals surface area contributed by atoms with Crippen LogP contribution in [-0.2, 0) is 6.42 Å². The second-order valence-electron chi connectivity index (χ2n) is 3.57. The molecule has 0 saturated heterocycles. The van der Waals surface area contributed by atoms with Gasteiger partial charge < -0.3 is 0 Å². The number of hydrogen-bond acceptors (Lipinski definition) is 1. The summed E-state index contributed by atoms with van der Waals surface area (Å²) in [4.78, 5) is 1.35. The Labute approximate surface area is 106 Å². The van der Waals surface area contributed by atoms with Crippen molar-refractivity contribution in [2.45, 2.75) is 27.2 Å². The molecule has 0 bridgehead atoms. The maximum atomic E-state index is 3.21. The summed E-state index contributed by atoms with van der Waals surface area (Å²) in [6, 6.07) is 0. The highest BCUT2D eigenvalue weighted by Gasteiger charge is 2.09. The van der Waals surface area contributed by atoms with Gasteiger partial charge in [0.2, 0.25) is 0 Å². The molecular formula is C16H14S. The summed E-state index contributed by atoms with van der Waals surface area (Å²) in [6.07, 6.45) is 6.87. The summed E-state index contributed by atoms with van der Waals surface area (Å²) in [5, 5.41) is 1.19. The monoisotopic (exact) mass is 238 g/mol. The molecule has 84 valence electrons. The van der Waals surface area contributed by atoms with Gasteiger partial charge in [-0.05, 0) is 30.7 Å². The fraction of sp³-hybridized carbons (Fsp3) is 0.250. The number of allylic oxidation sites excluding steroid dienone is 2. The van der Waals surface area contributed by atoms with E-state index in [0.717, 1.165) is 6.42 Å². The Balaban J connectivity index is 0.000000514. The summed E-state index contributed by atoms with van der Waals surface area (Å²) in [5.41, 5.74) is 8.82. The Hall–Kier alpha value is -1.70. The lowest BCUT2D eigenvalue weighted by atomic mass is 10.1. The van der Waals surface area contributed by atoms with Crippen LogP contribution in [0.5, 0.6) is 0 Å². The molecule has 1 aromatic heterocycles. The molecule has 0 fully saturated rings. The van der Waals surface area contributed by atoms with Gasteiger partial charge in [-0.1, -0.05) is 37.2 Å². The Bertz CT molecular complexity index is 717. The number of hydrogen-bond donors (Lipinski definition) is 0. The normalized spacial score (nSPS) is 13.5. The highest BCUT2D eigenvalue weighted by atomic mass is 32.1. The highest BCUT2D eigenvalue weighted by molar-refractivity contribution is 7.10. The van der Waals surface area contributed by atoms with E-state index in [1.807, 2.05) is 37.3 Å². The van der Waals surface area contributed by atoms with Crippen LogP contribution in [0.15, 0.2) is 17.9 Å². The average Bonchev–Trinajstić information content (AvgIpc) is 2.58. The third-order valence-corrected chi connectivity index (χ3v) is 3.89. The SMILES string of the molecule is CC.CC1=c2sc3c(c2=C=C=C1)C=CC#CC3. The van der Waals surface area contributed by atoms with Crippen LogP contribution in [0.2, 0.25) is 0 Å². The van der Waals surface area contributed by atoms with E-state index in [4.69, 9.17) is 0 Å². The average molecular weight is 238 g/mol. The van der Waals surface area contributed by atoms with E-state index in [1.165, 1.54) is 25.8 Å². The molecule has 0 aliphatic heterocycles. The van der Waals surface area contributed by atoms with Crippen molar-refractivity contribution < 1.29 is 0 Å². The van der Waals surface area contributed by atoms with Crippen molar-refractivity contribution in [3.8, 4) is 11.8 Å². The molecule has 1 heterocycles. The van der Waals surface area contributed by atoms with Crippen molar-refractivity contribution in [2.75, 3.05) is 0 Å². The van der Waals surface area contributed by atoms with Gasteiger partial charge in [-0.3, -0.25) is 0 Å². The lowest BCUT2D eigenvalue weighted by Crippen LogP contribution is -2.22. The van der Waals surface area contributed by atoms with Crippen LogP contribution in [0.1, 0.15) is 31.2 Å². The van der Waals surface area contributed by atoms with E-state index in [0.29, 0.717) is 0 Å². The van der Waals surface area contributed by atoms with Gasteiger partial charge >= 0.3 is 0 Å². The van der Waals surface area contributed by atoms with Gasteiger partial charge in [0, 0.05) is 21.4 Å². The Morgan fingerprint density at radius 2 is 2.12 bits per heavy atom. The zero-order chi connectivity index (χ0) is 12.3. The summed E-state index contributed by atoms with van der Waals surface area (Å²) in [7, 11) is 0. The minimum absolute atomic E-state index is 0.856. The zero-order valence-corrected chi connectivity index (χ0v) is 11.2. The van der Waals surface area contributed by atoms with Crippen LogP contribution in [0.4, 0.5) is 0 Å². The van der Waals surface area contributed by atoms with Crippen LogP contribution in [0, 0.1) is 11.8 Å². The first kappa shape index (κ1) is 11.8. The summed E-state index contributed by atoms with van der Waals surface area (Å²) in [5.74, 6) is 6.14. The molecule has 0 radical (unpaired) electrons. The third-order valence-electron chi connectivity index (χ3n) is 2.55.